The van der Waals surface area contributed by atoms with Crippen LogP contribution in [0.15, 0.2) is 0 Å². The quantitative estimate of drug-likeness (QED) is 0.623. The molecule has 0 aliphatic heterocycles. The van der Waals surface area contributed by atoms with Crippen molar-refractivity contribution < 1.29 is 14.6 Å². The molecule has 1 unspecified atom stereocenters. The number of carbonyl (C=O) groups excluding carboxylic acids is 1. The fourth-order valence-electron chi connectivity index (χ4n) is 0.595. The molecular formula is C9H19NO3. The van der Waals surface area contributed by atoms with Gasteiger partial charge in [-0.1, -0.05) is 13.8 Å². The topological polar surface area (TPSA) is 72.5 Å². The highest BCUT2D eigenvalue weighted by Crippen LogP contribution is 2.06. The maximum Gasteiger partial charge on any atom is 0.325 e. The second-order valence-corrected chi connectivity index (χ2v) is 3.65. The molecule has 0 rings (SSSR count). The summed E-state index contributed by atoms with van der Waals surface area (Å²) in [6.45, 7) is 7.17. The van der Waals surface area contributed by atoms with E-state index in [1.807, 2.05) is 13.8 Å². The van der Waals surface area contributed by atoms with Crippen LogP contribution >= 0.6 is 0 Å². The van der Waals surface area contributed by atoms with Crippen molar-refractivity contribution in [2.75, 3.05) is 0 Å². The summed E-state index contributed by atoms with van der Waals surface area (Å²) in [5.41, 5.74) is 5.38. The minimum absolute atomic E-state index is 0.169. The summed E-state index contributed by atoms with van der Waals surface area (Å²) in [6, 6.07) is -0.943. The Balaban J connectivity index is 4.00. The summed E-state index contributed by atoms with van der Waals surface area (Å²) in [4.78, 5) is 11.2. The molecule has 0 bridgehead atoms. The van der Waals surface area contributed by atoms with E-state index in [9.17, 15) is 4.79 Å². The van der Waals surface area contributed by atoms with E-state index in [1.165, 1.54) is 6.92 Å². The Kier molecular flexibility index (Phi) is 4.95. The molecule has 4 nitrogen and oxygen atoms in total. The third kappa shape index (κ3) is 4.24. The Hall–Kier alpha value is -0.610. The number of aliphatic hydroxyl groups excluding tert-OH is 1. The SMILES string of the molecule is CC(C)[C@H](C)OC(=O)[C@@H](N)C(C)O. The Morgan fingerprint density at radius 1 is 1.31 bits per heavy atom. The zero-order valence-electron chi connectivity index (χ0n) is 8.65. The highest BCUT2D eigenvalue weighted by atomic mass is 16.5. The Morgan fingerprint density at radius 3 is 2.08 bits per heavy atom. The van der Waals surface area contributed by atoms with Crippen LogP contribution in [0.5, 0.6) is 0 Å². The monoisotopic (exact) mass is 189 g/mol. The fourth-order valence-corrected chi connectivity index (χ4v) is 0.595. The number of hydrogen-bond donors (Lipinski definition) is 2. The van der Waals surface area contributed by atoms with Crippen molar-refractivity contribution in [1.29, 1.82) is 0 Å². The van der Waals surface area contributed by atoms with Gasteiger partial charge < -0.3 is 15.6 Å². The second-order valence-electron chi connectivity index (χ2n) is 3.65. The lowest BCUT2D eigenvalue weighted by Crippen LogP contribution is -2.43. The van der Waals surface area contributed by atoms with E-state index in [0.717, 1.165) is 0 Å². The van der Waals surface area contributed by atoms with Gasteiger partial charge >= 0.3 is 5.97 Å². The Labute approximate surface area is 79.1 Å². The number of hydrogen-bond acceptors (Lipinski definition) is 4. The van der Waals surface area contributed by atoms with Gasteiger partial charge in [0.1, 0.15) is 12.1 Å². The third-order valence-electron chi connectivity index (χ3n) is 2.03. The van der Waals surface area contributed by atoms with Gasteiger partial charge in [-0.2, -0.15) is 0 Å². The number of nitrogens with two attached hydrogens (primary N) is 1. The van der Waals surface area contributed by atoms with Crippen LogP contribution < -0.4 is 5.73 Å². The van der Waals surface area contributed by atoms with Crippen LogP contribution in [0.1, 0.15) is 27.7 Å². The highest BCUT2D eigenvalue weighted by Gasteiger charge is 2.23. The Morgan fingerprint density at radius 2 is 1.77 bits per heavy atom. The summed E-state index contributed by atoms with van der Waals surface area (Å²) in [7, 11) is 0. The summed E-state index contributed by atoms with van der Waals surface area (Å²) in [5, 5.41) is 9.02. The number of aliphatic hydroxyl groups is 1. The van der Waals surface area contributed by atoms with Crippen LogP contribution in [0, 0.1) is 5.92 Å². The number of esters is 1. The normalized spacial score (nSPS) is 18.1. The van der Waals surface area contributed by atoms with E-state index in [0.29, 0.717) is 0 Å². The summed E-state index contributed by atoms with van der Waals surface area (Å²) in [5.74, 6) is -0.290. The number of carbonyl (C=O) groups is 1. The van der Waals surface area contributed by atoms with E-state index in [4.69, 9.17) is 15.6 Å². The van der Waals surface area contributed by atoms with Gasteiger partial charge in [0.25, 0.3) is 0 Å². The molecule has 0 fully saturated rings. The lowest BCUT2D eigenvalue weighted by molar-refractivity contribution is -0.154. The zero-order valence-corrected chi connectivity index (χ0v) is 8.65. The molecule has 0 saturated carbocycles. The van der Waals surface area contributed by atoms with Crippen molar-refractivity contribution in [3.8, 4) is 0 Å². The largest absolute Gasteiger partial charge is 0.461 e. The molecule has 0 aliphatic rings. The molecule has 0 amide bonds. The summed E-state index contributed by atoms with van der Waals surface area (Å²) < 4.78 is 5.01. The van der Waals surface area contributed by atoms with Crippen molar-refractivity contribution in [2.24, 2.45) is 11.7 Å². The molecule has 0 aromatic carbocycles. The maximum atomic E-state index is 11.2. The maximum absolute atomic E-state index is 11.2. The van der Waals surface area contributed by atoms with Gasteiger partial charge in [-0.15, -0.1) is 0 Å². The first-order valence-electron chi connectivity index (χ1n) is 4.50. The van der Waals surface area contributed by atoms with Crippen molar-refractivity contribution in [3.05, 3.63) is 0 Å². The van der Waals surface area contributed by atoms with E-state index in [-0.39, 0.29) is 12.0 Å². The van der Waals surface area contributed by atoms with Gasteiger partial charge in [-0.3, -0.25) is 4.79 Å². The van der Waals surface area contributed by atoms with Crippen molar-refractivity contribution in [3.63, 3.8) is 0 Å². The lowest BCUT2D eigenvalue weighted by atomic mass is 10.1. The molecule has 3 N–H and O–H groups in total. The molecule has 3 atom stereocenters. The molecule has 4 heteroatoms. The van der Waals surface area contributed by atoms with Gasteiger partial charge in [0, 0.05) is 0 Å². The minimum atomic E-state index is -0.943. The molecular weight excluding hydrogens is 170 g/mol. The number of ether oxygens (including phenoxy) is 1. The molecule has 0 spiro atoms. The molecule has 0 aliphatic carbocycles. The predicted octanol–water partition coefficient (Wildman–Crippen LogP) is 0.282. The fraction of sp³-hybridized carbons (Fsp3) is 0.889. The summed E-state index contributed by atoms with van der Waals surface area (Å²) in [6.07, 6.45) is -1.04. The van der Waals surface area contributed by atoms with Crippen LogP contribution in [0.25, 0.3) is 0 Å². The van der Waals surface area contributed by atoms with E-state index >= 15 is 0 Å². The van der Waals surface area contributed by atoms with Gasteiger partial charge in [0.15, 0.2) is 0 Å². The van der Waals surface area contributed by atoms with Crippen LogP contribution in [0.3, 0.4) is 0 Å². The van der Waals surface area contributed by atoms with Gasteiger partial charge in [-0.05, 0) is 19.8 Å². The average molecular weight is 189 g/mol. The van der Waals surface area contributed by atoms with Crippen LogP contribution in [0.2, 0.25) is 0 Å². The number of rotatable bonds is 4. The first-order valence-corrected chi connectivity index (χ1v) is 4.50. The zero-order chi connectivity index (χ0) is 10.6. The van der Waals surface area contributed by atoms with Gasteiger partial charge in [0.05, 0.1) is 6.10 Å². The summed E-state index contributed by atoms with van der Waals surface area (Å²) >= 11 is 0. The van der Waals surface area contributed by atoms with Crippen molar-refractivity contribution in [2.45, 2.75) is 45.9 Å². The smallest absolute Gasteiger partial charge is 0.325 e. The standard InChI is InChI=1S/C9H19NO3/c1-5(2)7(4)13-9(12)8(10)6(3)11/h5-8,11H,10H2,1-4H3/t6?,7-,8-/m0/s1. The van der Waals surface area contributed by atoms with Crippen LogP contribution in [-0.2, 0) is 9.53 Å². The van der Waals surface area contributed by atoms with E-state index in [1.54, 1.807) is 6.92 Å². The van der Waals surface area contributed by atoms with Crippen LogP contribution in [-0.4, -0.2) is 29.3 Å². The van der Waals surface area contributed by atoms with Crippen molar-refractivity contribution in [1.82, 2.24) is 0 Å². The van der Waals surface area contributed by atoms with E-state index in [2.05, 4.69) is 0 Å². The molecule has 78 valence electrons. The van der Waals surface area contributed by atoms with Gasteiger partial charge in [0.2, 0.25) is 0 Å². The molecule has 0 heterocycles. The first kappa shape index (κ1) is 12.4. The van der Waals surface area contributed by atoms with Crippen LogP contribution in [0.4, 0.5) is 0 Å². The minimum Gasteiger partial charge on any atom is -0.461 e. The highest BCUT2D eigenvalue weighted by molar-refractivity contribution is 5.76. The third-order valence-corrected chi connectivity index (χ3v) is 2.03. The predicted molar refractivity (Wildman–Crippen MR) is 50.0 cm³/mol. The van der Waals surface area contributed by atoms with Gasteiger partial charge in [-0.25, -0.2) is 0 Å². The molecule has 0 saturated heterocycles. The van der Waals surface area contributed by atoms with E-state index < -0.39 is 18.1 Å². The second kappa shape index (κ2) is 5.19. The lowest BCUT2D eigenvalue weighted by Gasteiger charge is -2.20. The average Bonchev–Trinajstić information content (AvgIpc) is 2.02. The molecule has 0 radical (unpaired) electrons. The molecule has 0 aromatic heterocycles. The van der Waals surface area contributed by atoms with Crippen molar-refractivity contribution >= 4 is 5.97 Å². The first-order chi connectivity index (χ1) is 5.86. The molecule has 13 heavy (non-hydrogen) atoms. The molecule has 0 aromatic rings. The Bertz CT molecular complexity index is 168.